The number of oxime groups is 1. The number of ether oxygens (including phenoxy) is 1. The predicted molar refractivity (Wildman–Crippen MR) is 72.7 cm³/mol. The number of aromatic nitrogens is 1. The molecule has 0 aromatic carbocycles. The number of aryl methyl sites for hydroxylation is 1. The van der Waals surface area contributed by atoms with Gasteiger partial charge in [0.2, 0.25) is 5.88 Å². The minimum absolute atomic E-state index is 0.0647. The summed E-state index contributed by atoms with van der Waals surface area (Å²) < 4.78 is 5.64. The maximum atomic E-state index is 8.68. The zero-order valence-corrected chi connectivity index (χ0v) is 11.2. The van der Waals surface area contributed by atoms with E-state index in [0.29, 0.717) is 18.1 Å². The molecule has 1 aromatic heterocycles. The minimum Gasteiger partial charge on any atom is -0.476 e. The molecular weight excluding hydrogens is 244 g/mol. The molecule has 1 fully saturated rings. The number of hydrogen-bond acceptors (Lipinski definition) is 5. The van der Waals surface area contributed by atoms with Gasteiger partial charge in [-0.3, -0.25) is 4.90 Å². The average molecular weight is 264 g/mol. The molecule has 19 heavy (non-hydrogen) atoms. The van der Waals surface area contributed by atoms with Crippen LogP contribution in [0.3, 0.4) is 0 Å². The van der Waals surface area contributed by atoms with Gasteiger partial charge in [0.1, 0.15) is 6.61 Å². The van der Waals surface area contributed by atoms with Gasteiger partial charge in [-0.05, 0) is 38.9 Å². The largest absolute Gasteiger partial charge is 0.476 e. The van der Waals surface area contributed by atoms with Crippen LogP contribution < -0.4 is 10.5 Å². The molecular formula is C13H20N4O2. The summed E-state index contributed by atoms with van der Waals surface area (Å²) in [6.45, 7) is 5.67. The molecule has 2 rings (SSSR count). The fourth-order valence-corrected chi connectivity index (χ4v) is 2.20. The van der Waals surface area contributed by atoms with Gasteiger partial charge >= 0.3 is 0 Å². The molecule has 1 aromatic rings. The Balaban J connectivity index is 1.93. The van der Waals surface area contributed by atoms with Crippen molar-refractivity contribution in [3.63, 3.8) is 0 Å². The van der Waals surface area contributed by atoms with E-state index in [1.165, 1.54) is 12.8 Å². The molecule has 1 aliphatic rings. The lowest BCUT2D eigenvalue weighted by Crippen LogP contribution is -2.25. The van der Waals surface area contributed by atoms with Crippen molar-refractivity contribution in [3.8, 4) is 5.88 Å². The van der Waals surface area contributed by atoms with Gasteiger partial charge in [0.25, 0.3) is 0 Å². The molecule has 6 heteroatoms. The number of nitrogens with two attached hydrogens (primary N) is 1. The molecule has 0 unspecified atom stereocenters. The van der Waals surface area contributed by atoms with Gasteiger partial charge in [0.05, 0.1) is 0 Å². The van der Waals surface area contributed by atoms with E-state index in [0.717, 1.165) is 25.3 Å². The lowest BCUT2D eigenvalue weighted by molar-refractivity contribution is 0.231. The molecule has 0 atom stereocenters. The van der Waals surface area contributed by atoms with Crippen molar-refractivity contribution in [2.24, 2.45) is 10.9 Å². The van der Waals surface area contributed by atoms with Gasteiger partial charge in [0, 0.05) is 23.9 Å². The molecule has 2 heterocycles. The maximum Gasteiger partial charge on any atom is 0.214 e. The van der Waals surface area contributed by atoms with Gasteiger partial charge < -0.3 is 15.7 Å². The second-order valence-corrected chi connectivity index (χ2v) is 4.72. The van der Waals surface area contributed by atoms with Crippen molar-refractivity contribution in [1.29, 1.82) is 0 Å². The van der Waals surface area contributed by atoms with Gasteiger partial charge in [-0.2, -0.15) is 0 Å². The Hall–Kier alpha value is -1.82. The van der Waals surface area contributed by atoms with Gasteiger partial charge in [0.15, 0.2) is 5.84 Å². The highest BCUT2D eigenvalue weighted by Gasteiger charge is 2.11. The van der Waals surface area contributed by atoms with Crippen molar-refractivity contribution in [1.82, 2.24) is 9.88 Å². The van der Waals surface area contributed by atoms with Crippen molar-refractivity contribution >= 4 is 5.84 Å². The van der Waals surface area contributed by atoms with Crippen LogP contribution in [0, 0.1) is 6.92 Å². The first-order chi connectivity index (χ1) is 9.19. The van der Waals surface area contributed by atoms with Crippen LogP contribution in [0.1, 0.15) is 24.1 Å². The molecule has 3 N–H and O–H groups in total. The van der Waals surface area contributed by atoms with Crippen LogP contribution in [0.5, 0.6) is 5.88 Å². The molecule has 0 spiro atoms. The van der Waals surface area contributed by atoms with Crippen LogP contribution in [0.4, 0.5) is 0 Å². The van der Waals surface area contributed by atoms with Gasteiger partial charge in [-0.25, -0.2) is 4.98 Å². The highest BCUT2D eigenvalue weighted by atomic mass is 16.5. The molecule has 104 valence electrons. The summed E-state index contributed by atoms with van der Waals surface area (Å²) in [6, 6.07) is 3.44. The molecule has 0 amide bonds. The number of nitrogens with zero attached hydrogens (tertiary/aromatic N) is 3. The van der Waals surface area contributed by atoms with E-state index in [4.69, 9.17) is 15.7 Å². The summed E-state index contributed by atoms with van der Waals surface area (Å²) in [5.41, 5.74) is 6.96. The first-order valence-electron chi connectivity index (χ1n) is 6.51. The highest BCUT2D eigenvalue weighted by molar-refractivity contribution is 5.97. The Labute approximate surface area is 112 Å². The second kappa shape index (κ2) is 6.38. The lowest BCUT2D eigenvalue weighted by atomic mass is 10.2. The Morgan fingerprint density at radius 1 is 1.47 bits per heavy atom. The van der Waals surface area contributed by atoms with E-state index < -0.39 is 0 Å². The van der Waals surface area contributed by atoms with E-state index >= 15 is 0 Å². The van der Waals surface area contributed by atoms with Gasteiger partial charge in [-0.15, -0.1) is 0 Å². The SMILES string of the molecule is Cc1cc(/C(N)=N/O)cc(OCCN2CCCC2)n1. The summed E-state index contributed by atoms with van der Waals surface area (Å²) >= 11 is 0. The van der Waals surface area contributed by atoms with Crippen molar-refractivity contribution in [2.75, 3.05) is 26.2 Å². The number of hydrogen-bond donors (Lipinski definition) is 2. The Morgan fingerprint density at radius 3 is 2.89 bits per heavy atom. The third kappa shape index (κ3) is 3.82. The smallest absolute Gasteiger partial charge is 0.214 e. The fraction of sp³-hybridized carbons (Fsp3) is 0.538. The van der Waals surface area contributed by atoms with Crippen LogP contribution in [0.25, 0.3) is 0 Å². The Bertz CT molecular complexity index is 456. The topological polar surface area (TPSA) is 84.0 Å². The predicted octanol–water partition coefficient (Wildman–Crippen LogP) is 0.959. The van der Waals surface area contributed by atoms with Gasteiger partial charge in [-0.1, -0.05) is 5.16 Å². The number of amidine groups is 1. The number of pyridine rings is 1. The maximum absolute atomic E-state index is 8.68. The summed E-state index contributed by atoms with van der Waals surface area (Å²) in [5, 5.41) is 11.7. The van der Waals surface area contributed by atoms with E-state index in [2.05, 4.69) is 15.0 Å². The van der Waals surface area contributed by atoms with Crippen molar-refractivity contribution < 1.29 is 9.94 Å². The van der Waals surface area contributed by atoms with E-state index in [1.807, 2.05) is 6.92 Å². The molecule has 1 aliphatic heterocycles. The summed E-state index contributed by atoms with van der Waals surface area (Å²) in [5.74, 6) is 0.579. The summed E-state index contributed by atoms with van der Waals surface area (Å²) in [4.78, 5) is 6.66. The number of likely N-dealkylation sites (tertiary alicyclic amines) is 1. The molecule has 0 saturated carbocycles. The zero-order chi connectivity index (χ0) is 13.7. The first kappa shape index (κ1) is 13.6. The molecule has 1 saturated heterocycles. The van der Waals surface area contributed by atoms with E-state index in [9.17, 15) is 0 Å². The monoisotopic (exact) mass is 264 g/mol. The Kier molecular flexibility index (Phi) is 4.57. The molecule has 0 aliphatic carbocycles. The third-order valence-electron chi connectivity index (χ3n) is 3.19. The van der Waals surface area contributed by atoms with Crippen LogP contribution in [0.2, 0.25) is 0 Å². The van der Waals surface area contributed by atoms with Crippen molar-refractivity contribution in [3.05, 3.63) is 23.4 Å². The fourth-order valence-electron chi connectivity index (χ4n) is 2.20. The van der Waals surface area contributed by atoms with Crippen molar-refractivity contribution in [2.45, 2.75) is 19.8 Å². The highest BCUT2D eigenvalue weighted by Crippen LogP contribution is 2.13. The quantitative estimate of drug-likeness (QED) is 0.358. The summed E-state index contributed by atoms with van der Waals surface area (Å²) in [6.07, 6.45) is 2.55. The average Bonchev–Trinajstić information content (AvgIpc) is 2.90. The van der Waals surface area contributed by atoms with E-state index in [-0.39, 0.29) is 5.84 Å². The molecule has 0 radical (unpaired) electrons. The normalized spacial score (nSPS) is 16.8. The van der Waals surface area contributed by atoms with Crippen LogP contribution in [-0.2, 0) is 0 Å². The summed E-state index contributed by atoms with van der Waals surface area (Å²) in [7, 11) is 0. The van der Waals surface area contributed by atoms with Crippen LogP contribution in [-0.4, -0.2) is 47.2 Å². The second-order valence-electron chi connectivity index (χ2n) is 4.72. The van der Waals surface area contributed by atoms with Crippen LogP contribution >= 0.6 is 0 Å². The minimum atomic E-state index is 0.0647. The molecule has 6 nitrogen and oxygen atoms in total. The van der Waals surface area contributed by atoms with E-state index in [1.54, 1.807) is 12.1 Å². The van der Waals surface area contributed by atoms with Crippen LogP contribution in [0.15, 0.2) is 17.3 Å². The lowest BCUT2D eigenvalue weighted by Gasteiger charge is -2.15. The Morgan fingerprint density at radius 2 is 2.21 bits per heavy atom. The standard InChI is InChI=1S/C13H20N4O2/c1-10-8-11(13(14)16-18)9-12(15-10)19-7-6-17-4-2-3-5-17/h8-9,18H,2-7H2,1H3,(H2,14,16). The zero-order valence-electron chi connectivity index (χ0n) is 11.2. The third-order valence-corrected chi connectivity index (χ3v) is 3.19. The first-order valence-corrected chi connectivity index (χ1v) is 6.51. The number of rotatable bonds is 5. The molecule has 0 bridgehead atoms.